The molecule has 4 nitrogen and oxygen atoms in total. The van der Waals surface area contributed by atoms with Crippen molar-refractivity contribution in [1.29, 1.82) is 0 Å². The Kier molecular flexibility index (Phi) is 3.89. The highest BCUT2D eigenvalue weighted by molar-refractivity contribution is 5.69. The maximum absolute atomic E-state index is 12.0. The predicted octanol–water partition coefficient (Wildman–Crippen LogP) is 3.63. The Morgan fingerprint density at radius 1 is 1.18 bits per heavy atom. The second-order valence-corrected chi connectivity index (χ2v) is 7.37. The maximum atomic E-state index is 12.0. The highest BCUT2D eigenvalue weighted by Crippen LogP contribution is 2.49. The van der Waals surface area contributed by atoms with E-state index < -0.39 is 5.60 Å². The smallest absolute Gasteiger partial charge is 0.410 e. The first-order valence-corrected chi connectivity index (χ1v) is 8.03. The van der Waals surface area contributed by atoms with Crippen molar-refractivity contribution in [2.75, 3.05) is 13.1 Å². The molecule has 2 aliphatic rings. The van der Waals surface area contributed by atoms with Crippen LogP contribution in [0.25, 0.3) is 0 Å². The van der Waals surface area contributed by atoms with Gasteiger partial charge in [-0.1, -0.05) is 30.3 Å². The summed E-state index contributed by atoms with van der Waals surface area (Å²) in [5.74, 6) is 0.942. The number of ether oxygens (including phenoxy) is 2. The van der Waals surface area contributed by atoms with E-state index in [4.69, 9.17) is 9.47 Å². The van der Waals surface area contributed by atoms with E-state index in [0.717, 1.165) is 13.1 Å². The Hall–Kier alpha value is -1.55. The molecule has 120 valence electrons. The predicted molar refractivity (Wildman–Crippen MR) is 84.5 cm³/mol. The number of benzene rings is 1. The molecular weight excluding hydrogens is 278 g/mol. The lowest BCUT2D eigenvalue weighted by atomic mass is 10.1. The van der Waals surface area contributed by atoms with E-state index in [-0.39, 0.29) is 18.3 Å². The van der Waals surface area contributed by atoms with Crippen molar-refractivity contribution >= 4 is 6.09 Å². The minimum atomic E-state index is -0.429. The third-order valence-electron chi connectivity index (χ3n) is 4.40. The maximum Gasteiger partial charge on any atom is 0.410 e. The molecule has 4 heteroatoms. The lowest BCUT2D eigenvalue weighted by molar-refractivity contribution is 0.00795. The molecule has 1 saturated carbocycles. The zero-order valence-corrected chi connectivity index (χ0v) is 13.8. The van der Waals surface area contributed by atoms with Gasteiger partial charge in [0.2, 0.25) is 0 Å². The summed E-state index contributed by atoms with van der Waals surface area (Å²) in [5.41, 5.74) is 0.776. The van der Waals surface area contributed by atoms with Gasteiger partial charge in [0, 0.05) is 24.9 Å². The first kappa shape index (κ1) is 15.3. The molecule has 1 aliphatic carbocycles. The average molecular weight is 303 g/mol. The van der Waals surface area contributed by atoms with E-state index in [0.29, 0.717) is 11.8 Å². The van der Waals surface area contributed by atoms with Gasteiger partial charge in [0.1, 0.15) is 5.60 Å². The molecule has 2 unspecified atom stereocenters. The summed E-state index contributed by atoms with van der Waals surface area (Å²) in [4.78, 5) is 13.9. The number of carbonyl (C=O) groups is 1. The third-order valence-corrected chi connectivity index (χ3v) is 4.40. The second-order valence-electron chi connectivity index (χ2n) is 7.37. The zero-order chi connectivity index (χ0) is 15.9. The van der Waals surface area contributed by atoms with Gasteiger partial charge in [-0.15, -0.1) is 0 Å². The molecular formula is C18H25NO3. The van der Waals surface area contributed by atoms with Gasteiger partial charge in [-0.05, 0) is 33.3 Å². The fourth-order valence-electron chi connectivity index (χ4n) is 3.19. The molecule has 4 atom stereocenters. The summed E-state index contributed by atoms with van der Waals surface area (Å²) in [6, 6.07) is 10.3. The summed E-state index contributed by atoms with van der Waals surface area (Å²) in [6.45, 7) is 9.30. The van der Waals surface area contributed by atoms with Crippen molar-refractivity contribution in [3.63, 3.8) is 0 Å². The van der Waals surface area contributed by atoms with E-state index in [1.165, 1.54) is 5.56 Å². The van der Waals surface area contributed by atoms with Crippen molar-refractivity contribution in [3.8, 4) is 0 Å². The molecule has 1 aliphatic heterocycles. The standard InChI is InChI=1S/C18H25NO3/c1-12(13-8-6-5-7-9-13)21-16-14-10-19(11-15(14)16)17(20)22-18(2,3)4/h5-9,12,14-16H,10-11H2,1-4H3/t12?,14-,15+,16?. The molecule has 1 aromatic carbocycles. The normalized spacial score (nSPS) is 28.2. The molecule has 0 aromatic heterocycles. The molecule has 1 saturated heterocycles. The van der Waals surface area contributed by atoms with E-state index in [1.807, 2.05) is 43.9 Å². The van der Waals surface area contributed by atoms with E-state index in [2.05, 4.69) is 19.1 Å². The fraction of sp³-hybridized carbons (Fsp3) is 0.611. The van der Waals surface area contributed by atoms with E-state index in [1.54, 1.807) is 0 Å². The average Bonchev–Trinajstić information content (AvgIpc) is 2.90. The van der Waals surface area contributed by atoms with Crippen molar-refractivity contribution in [2.24, 2.45) is 11.8 Å². The highest BCUT2D eigenvalue weighted by atomic mass is 16.6. The molecule has 1 aromatic rings. The summed E-state index contributed by atoms with van der Waals surface area (Å²) in [6.07, 6.45) is 0.190. The van der Waals surface area contributed by atoms with Gasteiger partial charge >= 0.3 is 6.09 Å². The SMILES string of the molecule is CC(OC1[C@H]2CN(C(=O)OC(C)(C)C)C[C@@H]12)c1ccccc1. The molecule has 3 rings (SSSR count). The topological polar surface area (TPSA) is 38.8 Å². The number of hydrogen-bond acceptors (Lipinski definition) is 3. The van der Waals surface area contributed by atoms with Gasteiger partial charge in [-0.3, -0.25) is 0 Å². The second kappa shape index (κ2) is 5.58. The van der Waals surface area contributed by atoms with Crippen molar-refractivity contribution in [2.45, 2.75) is 45.5 Å². The monoisotopic (exact) mass is 303 g/mol. The molecule has 0 bridgehead atoms. The number of rotatable bonds is 3. The van der Waals surface area contributed by atoms with Crippen LogP contribution in [-0.2, 0) is 9.47 Å². The number of likely N-dealkylation sites (tertiary alicyclic amines) is 1. The molecule has 0 N–H and O–H groups in total. The molecule has 0 spiro atoms. The van der Waals surface area contributed by atoms with Gasteiger partial charge in [-0.2, -0.15) is 0 Å². The van der Waals surface area contributed by atoms with Gasteiger partial charge in [-0.25, -0.2) is 4.79 Å². The Morgan fingerprint density at radius 2 is 1.77 bits per heavy atom. The molecule has 1 heterocycles. The van der Waals surface area contributed by atoms with Crippen LogP contribution in [0.5, 0.6) is 0 Å². The Morgan fingerprint density at radius 3 is 2.32 bits per heavy atom. The molecule has 0 radical (unpaired) electrons. The van der Waals surface area contributed by atoms with Crippen LogP contribution in [-0.4, -0.2) is 35.8 Å². The van der Waals surface area contributed by atoms with Crippen LogP contribution in [0.2, 0.25) is 0 Å². The summed E-state index contributed by atoms with van der Waals surface area (Å²) >= 11 is 0. The van der Waals surface area contributed by atoms with Crippen LogP contribution in [0.3, 0.4) is 0 Å². The Labute approximate surface area is 132 Å². The number of nitrogens with zero attached hydrogens (tertiary/aromatic N) is 1. The van der Waals surface area contributed by atoms with Crippen LogP contribution in [0.1, 0.15) is 39.4 Å². The van der Waals surface area contributed by atoms with Crippen LogP contribution in [0.15, 0.2) is 30.3 Å². The number of hydrogen-bond donors (Lipinski definition) is 0. The van der Waals surface area contributed by atoms with Gasteiger partial charge in [0.25, 0.3) is 0 Å². The first-order valence-electron chi connectivity index (χ1n) is 8.03. The minimum absolute atomic E-state index is 0.103. The zero-order valence-electron chi connectivity index (χ0n) is 13.8. The number of carbonyl (C=O) groups excluding carboxylic acids is 1. The Bertz CT molecular complexity index is 525. The lowest BCUT2D eigenvalue weighted by Crippen LogP contribution is -2.37. The van der Waals surface area contributed by atoms with Crippen LogP contribution >= 0.6 is 0 Å². The highest BCUT2D eigenvalue weighted by Gasteiger charge is 2.58. The van der Waals surface area contributed by atoms with E-state index in [9.17, 15) is 4.79 Å². The number of fused-ring (bicyclic) bond motifs is 1. The van der Waals surface area contributed by atoms with Gasteiger partial charge in [0.15, 0.2) is 0 Å². The molecule has 1 amide bonds. The number of amides is 1. The Balaban J connectivity index is 1.48. The van der Waals surface area contributed by atoms with Crippen molar-refractivity contribution in [3.05, 3.63) is 35.9 Å². The third kappa shape index (κ3) is 3.27. The molecule has 22 heavy (non-hydrogen) atoms. The molecule has 2 fully saturated rings. The number of piperidine rings is 1. The van der Waals surface area contributed by atoms with Gasteiger partial charge in [0.05, 0.1) is 12.2 Å². The summed E-state index contributed by atoms with van der Waals surface area (Å²) in [7, 11) is 0. The largest absolute Gasteiger partial charge is 0.444 e. The fourth-order valence-corrected chi connectivity index (χ4v) is 3.19. The van der Waals surface area contributed by atoms with Crippen LogP contribution in [0, 0.1) is 11.8 Å². The first-order chi connectivity index (χ1) is 10.3. The summed E-state index contributed by atoms with van der Waals surface area (Å²) in [5, 5.41) is 0. The minimum Gasteiger partial charge on any atom is -0.444 e. The van der Waals surface area contributed by atoms with Gasteiger partial charge < -0.3 is 14.4 Å². The van der Waals surface area contributed by atoms with Crippen LogP contribution < -0.4 is 0 Å². The summed E-state index contributed by atoms with van der Waals surface area (Å²) < 4.78 is 11.6. The van der Waals surface area contributed by atoms with E-state index >= 15 is 0 Å². The van der Waals surface area contributed by atoms with Crippen molar-refractivity contribution < 1.29 is 14.3 Å². The lowest BCUT2D eigenvalue weighted by Gasteiger charge is -2.26. The van der Waals surface area contributed by atoms with Crippen LogP contribution in [0.4, 0.5) is 4.79 Å². The van der Waals surface area contributed by atoms with Crippen molar-refractivity contribution in [1.82, 2.24) is 4.90 Å². The quantitative estimate of drug-likeness (QED) is 0.856.